The van der Waals surface area contributed by atoms with E-state index in [9.17, 15) is 13.2 Å². The number of para-hydroxylation sites is 1. The van der Waals surface area contributed by atoms with Gasteiger partial charge in [-0.2, -0.15) is 13.2 Å². The van der Waals surface area contributed by atoms with E-state index >= 15 is 0 Å². The van der Waals surface area contributed by atoms with Crippen molar-refractivity contribution in [3.05, 3.63) is 28.8 Å². The third-order valence-electron chi connectivity index (χ3n) is 3.25. The van der Waals surface area contributed by atoms with Crippen molar-refractivity contribution in [2.75, 3.05) is 31.5 Å². The van der Waals surface area contributed by atoms with Crippen molar-refractivity contribution < 1.29 is 13.2 Å². The molecule has 1 aromatic rings. The van der Waals surface area contributed by atoms with Crippen molar-refractivity contribution in [3.63, 3.8) is 0 Å². The summed E-state index contributed by atoms with van der Waals surface area (Å²) in [5.41, 5.74) is -0.725. The Morgan fingerprint density at radius 1 is 1.21 bits per heavy atom. The molecule has 0 unspecified atom stereocenters. The molecule has 1 saturated heterocycles. The molecule has 2 nitrogen and oxygen atoms in total. The highest BCUT2D eigenvalue weighted by molar-refractivity contribution is 6.33. The Balaban J connectivity index is 2.02. The first kappa shape index (κ1) is 14.5. The van der Waals surface area contributed by atoms with Gasteiger partial charge in [0.15, 0.2) is 0 Å². The predicted octanol–water partition coefficient (Wildman–Crippen LogP) is 3.87. The van der Waals surface area contributed by atoms with Crippen LogP contribution in [0.1, 0.15) is 18.4 Å². The maximum atomic E-state index is 12.8. The van der Waals surface area contributed by atoms with Gasteiger partial charge in [0.25, 0.3) is 0 Å². The molecule has 0 amide bonds. The largest absolute Gasteiger partial charge is 0.418 e. The average molecular weight is 293 g/mol. The van der Waals surface area contributed by atoms with E-state index in [4.69, 9.17) is 11.6 Å². The number of benzene rings is 1. The Morgan fingerprint density at radius 3 is 2.53 bits per heavy atom. The molecular formula is C13H16ClF3N2. The average Bonchev–Trinajstić information content (AvgIpc) is 2.82. The summed E-state index contributed by atoms with van der Waals surface area (Å²) in [5, 5.41) is 2.93. The lowest BCUT2D eigenvalue weighted by molar-refractivity contribution is -0.136. The summed E-state index contributed by atoms with van der Waals surface area (Å²) in [4.78, 5) is 2.23. The van der Waals surface area contributed by atoms with Crippen molar-refractivity contribution in [2.45, 2.75) is 19.0 Å². The monoisotopic (exact) mass is 292 g/mol. The zero-order valence-electron chi connectivity index (χ0n) is 10.4. The number of likely N-dealkylation sites (tertiary alicyclic amines) is 1. The van der Waals surface area contributed by atoms with Crippen LogP contribution in [-0.4, -0.2) is 31.1 Å². The number of nitrogens with one attached hydrogen (secondary N) is 1. The van der Waals surface area contributed by atoms with E-state index in [1.54, 1.807) is 0 Å². The summed E-state index contributed by atoms with van der Waals surface area (Å²) in [5.74, 6) is 0. The van der Waals surface area contributed by atoms with Crippen molar-refractivity contribution >= 4 is 17.3 Å². The molecule has 1 fully saturated rings. The molecule has 0 radical (unpaired) electrons. The minimum absolute atomic E-state index is 0.0177. The number of alkyl halides is 3. The zero-order chi connectivity index (χ0) is 13.9. The van der Waals surface area contributed by atoms with E-state index in [1.807, 2.05) is 0 Å². The van der Waals surface area contributed by atoms with Crippen LogP contribution in [0, 0.1) is 0 Å². The first-order valence-corrected chi connectivity index (χ1v) is 6.68. The molecule has 0 saturated carbocycles. The summed E-state index contributed by atoms with van der Waals surface area (Å²) in [6.07, 6.45) is -2.05. The standard InChI is InChI=1S/C13H16ClF3N2/c14-11-5-3-4-10(13(15,16)17)12(11)18-6-9-19-7-1-2-8-19/h3-5,18H,1-2,6-9H2. The topological polar surface area (TPSA) is 15.3 Å². The molecule has 2 rings (SSSR count). The van der Waals surface area contributed by atoms with E-state index < -0.39 is 11.7 Å². The van der Waals surface area contributed by atoms with Gasteiger partial charge in [0.2, 0.25) is 0 Å². The fraction of sp³-hybridized carbons (Fsp3) is 0.538. The lowest BCUT2D eigenvalue weighted by Gasteiger charge is -2.18. The number of hydrogen-bond acceptors (Lipinski definition) is 2. The molecule has 1 N–H and O–H groups in total. The summed E-state index contributed by atoms with van der Waals surface area (Å²) >= 11 is 5.85. The van der Waals surface area contributed by atoms with E-state index in [0.29, 0.717) is 6.54 Å². The van der Waals surface area contributed by atoms with Gasteiger partial charge in [-0.15, -0.1) is 0 Å². The maximum absolute atomic E-state index is 12.8. The number of nitrogens with zero attached hydrogens (tertiary/aromatic N) is 1. The molecule has 1 heterocycles. The van der Waals surface area contributed by atoms with Gasteiger partial charge in [-0.1, -0.05) is 17.7 Å². The molecule has 0 aromatic heterocycles. The number of rotatable bonds is 4. The molecule has 1 aliphatic rings. The van der Waals surface area contributed by atoms with Gasteiger partial charge in [-0.3, -0.25) is 0 Å². The normalized spacial score (nSPS) is 16.8. The number of hydrogen-bond donors (Lipinski definition) is 1. The van der Waals surface area contributed by atoms with E-state index in [0.717, 1.165) is 25.7 Å². The van der Waals surface area contributed by atoms with Gasteiger partial charge in [0, 0.05) is 13.1 Å². The van der Waals surface area contributed by atoms with Crippen molar-refractivity contribution in [1.82, 2.24) is 4.90 Å². The van der Waals surface area contributed by atoms with Gasteiger partial charge in [0.05, 0.1) is 16.3 Å². The Bertz CT molecular complexity index is 428. The summed E-state index contributed by atoms with van der Waals surface area (Å²) in [6.45, 7) is 3.25. The molecule has 106 valence electrons. The Morgan fingerprint density at radius 2 is 1.89 bits per heavy atom. The predicted molar refractivity (Wildman–Crippen MR) is 70.6 cm³/mol. The Hall–Kier alpha value is -0.940. The van der Waals surface area contributed by atoms with Crippen LogP contribution in [0.25, 0.3) is 0 Å². The lowest BCUT2D eigenvalue weighted by atomic mass is 10.1. The van der Waals surface area contributed by atoms with E-state index in [2.05, 4.69) is 10.2 Å². The zero-order valence-corrected chi connectivity index (χ0v) is 11.2. The van der Waals surface area contributed by atoms with E-state index in [-0.39, 0.29) is 10.7 Å². The molecular weight excluding hydrogens is 277 g/mol. The van der Waals surface area contributed by atoms with Crippen molar-refractivity contribution in [2.24, 2.45) is 0 Å². The van der Waals surface area contributed by atoms with Gasteiger partial charge in [0.1, 0.15) is 0 Å². The van der Waals surface area contributed by atoms with E-state index in [1.165, 1.54) is 25.0 Å². The quantitative estimate of drug-likeness (QED) is 0.906. The smallest absolute Gasteiger partial charge is 0.382 e. The van der Waals surface area contributed by atoms with Crippen molar-refractivity contribution in [1.29, 1.82) is 0 Å². The fourth-order valence-corrected chi connectivity index (χ4v) is 2.53. The van der Waals surface area contributed by atoms with Crippen molar-refractivity contribution in [3.8, 4) is 0 Å². The van der Waals surface area contributed by atoms with Gasteiger partial charge < -0.3 is 10.2 Å². The minimum atomic E-state index is -4.39. The highest BCUT2D eigenvalue weighted by Crippen LogP contribution is 2.38. The van der Waals surface area contributed by atoms with Crippen LogP contribution in [0.15, 0.2) is 18.2 Å². The van der Waals surface area contributed by atoms with Gasteiger partial charge in [-0.25, -0.2) is 0 Å². The highest BCUT2D eigenvalue weighted by atomic mass is 35.5. The molecule has 1 aliphatic heterocycles. The summed E-state index contributed by atoms with van der Waals surface area (Å²) in [6, 6.07) is 3.83. The second-order valence-corrected chi connectivity index (χ2v) is 5.04. The van der Waals surface area contributed by atoms with Crippen LogP contribution in [-0.2, 0) is 6.18 Å². The molecule has 1 aromatic carbocycles. The molecule has 19 heavy (non-hydrogen) atoms. The second kappa shape index (κ2) is 6.01. The molecule has 0 atom stereocenters. The SMILES string of the molecule is FC(F)(F)c1cccc(Cl)c1NCCN1CCCC1. The van der Waals surface area contributed by atoms with Crippen LogP contribution in [0.3, 0.4) is 0 Å². The molecule has 0 aliphatic carbocycles. The third kappa shape index (κ3) is 3.76. The summed E-state index contributed by atoms with van der Waals surface area (Å²) in [7, 11) is 0. The molecule has 6 heteroatoms. The minimum Gasteiger partial charge on any atom is -0.382 e. The van der Waals surface area contributed by atoms with Crippen LogP contribution in [0.4, 0.5) is 18.9 Å². The first-order chi connectivity index (χ1) is 8.98. The third-order valence-corrected chi connectivity index (χ3v) is 3.56. The number of anilines is 1. The Kier molecular flexibility index (Phi) is 4.58. The second-order valence-electron chi connectivity index (χ2n) is 4.64. The lowest BCUT2D eigenvalue weighted by Crippen LogP contribution is -2.26. The number of halogens is 4. The Labute approximate surface area is 115 Å². The molecule has 0 bridgehead atoms. The van der Waals surface area contributed by atoms with Crippen LogP contribution in [0.2, 0.25) is 5.02 Å². The van der Waals surface area contributed by atoms with Crippen LogP contribution in [0.5, 0.6) is 0 Å². The maximum Gasteiger partial charge on any atom is 0.418 e. The van der Waals surface area contributed by atoms with Gasteiger partial charge in [-0.05, 0) is 38.1 Å². The fourth-order valence-electron chi connectivity index (χ4n) is 2.29. The van der Waals surface area contributed by atoms with Crippen LogP contribution < -0.4 is 5.32 Å². The van der Waals surface area contributed by atoms with Crippen LogP contribution >= 0.6 is 11.6 Å². The van der Waals surface area contributed by atoms with Gasteiger partial charge >= 0.3 is 6.18 Å². The highest BCUT2D eigenvalue weighted by Gasteiger charge is 2.34. The summed E-state index contributed by atoms with van der Waals surface area (Å²) < 4.78 is 38.5. The molecule has 0 spiro atoms. The first-order valence-electron chi connectivity index (χ1n) is 6.30.